The van der Waals surface area contributed by atoms with Crippen LogP contribution < -0.4 is 16.0 Å². The molecule has 3 rings (SSSR count). The van der Waals surface area contributed by atoms with Crippen molar-refractivity contribution in [3.8, 4) is 0 Å². The maximum atomic E-state index is 11.3. The van der Waals surface area contributed by atoms with Crippen molar-refractivity contribution in [2.75, 3.05) is 30.8 Å². The van der Waals surface area contributed by atoms with Crippen LogP contribution in [0.5, 0.6) is 0 Å². The van der Waals surface area contributed by atoms with E-state index in [1.807, 2.05) is 18.2 Å². The largest absolute Gasteiger partial charge is 0.453 e. The van der Waals surface area contributed by atoms with Crippen LogP contribution in [0.15, 0.2) is 30.6 Å². The van der Waals surface area contributed by atoms with E-state index >= 15 is 0 Å². The molecule has 1 fully saturated rings. The fraction of sp³-hybridized carbons (Fsp3) is 0.333. The number of amides is 1. The van der Waals surface area contributed by atoms with Gasteiger partial charge < -0.3 is 20.7 Å². The van der Waals surface area contributed by atoms with Gasteiger partial charge in [-0.3, -0.25) is 4.98 Å². The van der Waals surface area contributed by atoms with Crippen LogP contribution in [0.1, 0.15) is 6.42 Å². The first-order valence-electron chi connectivity index (χ1n) is 6.90. The van der Waals surface area contributed by atoms with Gasteiger partial charge in [-0.1, -0.05) is 0 Å². The molecule has 1 aliphatic rings. The molecular weight excluding hydrogens is 268 g/mol. The summed E-state index contributed by atoms with van der Waals surface area (Å²) in [4.78, 5) is 17.7. The quantitative estimate of drug-likeness (QED) is 0.822. The van der Waals surface area contributed by atoms with Crippen LogP contribution in [0, 0.1) is 0 Å². The number of nitrogens with zero attached hydrogens (tertiary/aromatic N) is 2. The van der Waals surface area contributed by atoms with Crippen LogP contribution in [0.2, 0.25) is 0 Å². The number of ether oxygens (including phenoxy) is 1. The number of anilines is 2. The summed E-state index contributed by atoms with van der Waals surface area (Å²) in [5, 5.41) is 4.89. The number of carbonyl (C=O) groups excluding carboxylic acids is 1. The standard InChI is InChI=1S/C15H18N4O2/c1-21-15(20)18-10-5-7-19(9-10)14-3-2-13(16)12-8-17-6-4-11(12)14/h2-4,6,8,10H,5,7,9,16H2,1H3,(H,18,20). The molecule has 1 aromatic carbocycles. The predicted molar refractivity (Wildman–Crippen MR) is 82.3 cm³/mol. The van der Waals surface area contributed by atoms with Gasteiger partial charge in [0.1, 0.15) is 0 Å². The van der Waals surface area contributed by atoms with E-state index in [0.717, 1.165) is 41.7 Å². The van der Waals surface area contributed by atoms with Crippen molar-refractivity contribution in [3.63, 3.8) is 0 Å². The molecule has 2 heterocycles. The van der Waals surface area contributed by atoms with Gasteiger partial charge in [-0.05, 0) is 24.6 Å². The summed E-state index contributed by atoms with van der Waals surface area (Å²) in [7, 11) is 1.38. The van der Waals surface area contributed by atoms with Gasteiger partial charge in [0.05, 0.1) is 13.2 Å². The van der Waals surface area contributed by atoms with Crippen LogP contribution in [-0.4, -0.2) is 37.3 Å². The molecule has 110 valence electrons. The van der Waals surface area contributed by atoms with Crippen molar-refractivity contribution in [2.45, 2.75) is 12.5 Å². The first-order chi connectivity index (χ1) is 10.2. The Labute approximate surface area is 122 Å². The van der Waals surface area contributed by atoms with Crippen molar-refractivity contribution < 1.29 is 9.53 Å². The number of benzene rings is 1. The Balaban J connectivity index is 1.86. The minimum Gasteiger partial charge on any atom is -0.453 e. The average Bonchev–Trinajstić information content (AvgIpc) is 2.96. The number of hydrogen-bond donors (Lipinski definition) is 2. The molecule has 1 unspecified atom stereocenters. The molecule has 1 aromatic heterocycles. The fourth-order valence-corrected chi connectivity index (χ4v) is 2.79. The van der Waals surface area contributed by atoms with Gasteiger partial charge in [0.2, 0.25) is 0 Å². The van der Waals surface area contributed by atoms with Crippen molar-refractivity contribution in [1.29, 1.82) is 0 Å². The predicted octanol–water partition coefficient (Wildman–Crippen LogP) is 1.75. The highest BCUT2D eigenvalue weighted by Crippen LogP contribution is 2.32. The molecule has 0 aliphatic carbocycles. The van der Waals surface area contributed by atoms with Gasteiger partial charge in [0, 0.05) is 47.6 Å². The third-order valence-corrected chi connectivity index (χ3v) is 3.87. The average molecular weight is 286 g/mol. The minimum absolute atomic E-state index is 0.104. The SMILES string of the molecule is COC(=O)NC1CCN(c2ccc(N)c3cnccc23)C1. The molecule has 1 amide bonds. The molecule has 3 N–H and O–H groups in total. The molecular formula is C15H18N4O2. The third kappa shape index (κ3) is 2.56. The van der Waals surface area contributed by atoms with Gasteiger partial charge in [0.15, 0.2) is 0 Å². The smallest absolute Gasteiger partial charge is 0.407 e. The van der Waals surface area contributed by atoms with E-state index in [9.17, 15) is 4.79 Å². The van der Waals surface area contributed by atoms with E-state index < -0.39 is 0 Å². The molecule has 21 heavy (non-hydrogen) atoms. The minimum atomic E-state index is -0.381. The van der Waals surface area contributed by atoms with Crippen molar-refractivity contribution in [2.24, 2.45) is 0 Å². The summed E-state index contributed by atoms with van der Waals surface area (Å²) in [6.45, 7) is 1.65. The van der Waals surface area contributed by atoms with Gasteiger partial charge in [-0.2, -0.15) is 0 Å². The number of hydrogen-bond acceptors (Lipinski definition) is 5. The monoisotopic (exact) mass is 286 g/mol. The summed E-state index contributed by atoms with van der Waals surface area (Å²) in [6.07, 6.45) is 4.07. The molecule has 0 radical (unpaired) electrons. The molecule has 1 atom stereocenters. The summed E-state index contributed by atoms with van der Waals surface area (Å²) in [5.41, 5.74) is 7.85. The van der Waals surface area contributed by atoms with Gasteiger partial charge >= 0.3 is 6.09 Å². The Bertz CT molecular complexity index is 674. The number of pyridine rings is 1. The van der Waals surface area contributed by atoms with Crippen molar-refractivity contribution in [3.05, 3.63) is 30.6 Å². The second-order valence-corrected chi connectivity index (χ2v) is 5.16. The number of nitrogens with one attached hydrogen (secondary N) is 1. The van der Waals surface area contributed by atoms with Crippen LogP contribution in [-0.2, 0) is 4.74 Å². The maximum absolute atomic E-state index is 11.3. The fourth-order valence-electron chi connectivity index (χ4n) is 2.79. The number of aromatic nitrogens is 1. The number of nitrogens with two attached hydrogens (primary N) is 1. The molecule has 0 bridgehead atoms. The number of methoxy groups -OCH3 is 1. The van der Waals surface area contributed by atoms with Gasteiger partial charge in [-0.25, -0.2) is 4.79 Å². The van der Waals surface area contributed by atoms with Crippen molar-refractivity contribution in [1.82, 2.24) is 10.3 Å². The number of rotatable bonds is 2. The van der Waals surface area contributed by atoms with Crippen molar-refractivity contribution >= 4 is 28.2 Å². The zero-order valence-electron chi connectivity index (χ0n) is 11.9. The summed E-state index contributed by atoms with van der Waals surface area (Å²) in [6, 6.07) is 6.01. The van der Waals surface area contributed by atoms with Crippen LogP contribution in [0.3, 0.4) is 0 Å². The third-order valence-electron chi connectivity index (χ3n) is 3.87. The van der Waals surface area contributed by atoms with E-state index in [1.54, 1.807) is 12.4 Å². The number of fused-ring (bicyclic) bond motifs is 1. The lowest BCUT2D eigenvalue weighted by molar-refractivity contribution is 0.167. The molecule has 0 spiro atoms. The van der Waals surface area contributed by atoms with E-state index in [2.05, 4.69) is 19.9 Å². The molecule has 2 aromatic rings. The highest BCUT2D eigenvalue weighted by Gasteiger charge is 2.25. The second kappa shape index (κ2) is 5.47. The Hall–Kier alpha value is -2.50. The van der Waals surface area contributed by atoms with Crippen LogP contribution in [0.25, 0.3) is 10.8 Å². The molecule has 6 nitrogen and oxygen atoms in total. The molecule has 0 saturated carbocycles. The normalized spacial score (nSPS) is 18.0. The Morgan fingerprint density at radius 1 is 1.43 bits per heavy atom. The molecule has 1 saturated heterocycles. The second-order valence-electron chi connectivity index (χ2n) is 5.16. The van der Waals surface area contributed by atoms with Gasteiger partial charge in [-0.15, -0.1) is 0 Å². The Morgan fingerprint density at radius 3 is 3.10 bits per heavy atom. The first kappa shape index (κ1) is 13.5. The van der Waals surface area contributed by atoms with Crippen LogP contribution in [0.4, 0.5) is 16.2 Å². The highest BCUT2D eigenvalue weighted by atomic mass is 16.5. The zero-order chi connectivity index (χ0) is 14.8. The lowest BCUT2D eigenvalue weighted by atomic mass is 10.1. The maximum Gasteiger partial charge on any atom is 0.407 e. The number of carbonyl (C=O) groups is 1. The topological polar surface area (TPSA) is 80.5 Å². The molecule has 6 heteroatoms. The van der Waals surface area contributed by atoms with E-state index in [1.165, 1.54) is 7.11 Å². The Kier molecular flexibility index (Phi) is 3.51. The summed E-state index contributed by atoms with van der Waals surface area (Å²) >= 11 is 0. The Morgan fingerprint density at radius 2 is 2.29 bits per heavy atom. The summed E-state index contributed by atoms with van der Waals surface area (Å²) < 4.78 is 4.65. The van der Waals surface area contributed by atoms with E-state index in [0.29, 0.717) is 0 Å². The summed E-state index contributed by atoms with van der Waals surface area (Å²) in [5.74, 6) is 0. The first-order valence-corrected chi connectivity index (χ1v) is 6.90. The lowest BCUT2D eigenvalue weighted by Gasteiger charge is -2.21. The van der Waals surface area contributed by atoms with E-state index in [-0.39, 0.29) is 12.1 Å². The van der Waals surface area contributed by atoms with Gasteiger partial charge in [0.25, 0.3) is 0 Å². The van der Waals surface area contributed by atoms with Crippen LogP contribution >= 0.6 is 0 Å². The lowest BCUT2D eigenvalue weighted by Crippen LogP contribution is -2.36. The highest BCUT2D eigenvalue weighted by molar-refractivity contribution is 6.00. The number of nitrogen functional groups attached to an aromatic ring is 1. The molecule has 1 aliphatic heterocycles. The van der Waals surface area contributed by atoms with E-state index in [4.69, 9.17) is 5.73 Å². The number of alkyl carbamates (subject to hydrolysis) is 1. The zero-order valence-corrected chi connectivity index (χ0v) is 11.9.